The van der Waals surface area contributed by atoms with Gasteiger partial charge in [-0.3, -0.25) is 19.7 Å². The number of nitrogens with one attached hydrogen (secondary N) is 1. The summed E-state index contributed by atoms with van der Waals surface area (Å²) in [6.07, 6.45) is 5.69. The van der Waals surface area contributed by atoms with Crippen molar-refractivity contribution in [2.45, 2.75) is 38.1 Å². The zero-order valence-electron chi connectivity index (χ0n) is 16.9. The van der Waals surface area contributed by atoms with Gasteiger partial charge in [0.1, 0.15) is 0 Å². The van der Waals surface area contributed by atoms with Crippen LogP contribution in [0.4, 0.5) is 11.4 Å². The molecular formula is C22H26ClN3O4. The molecule has 0 atom stereocenters. The molecule has 1 aliphatic carbocycles. The number of nitrogens with zero attached hydrogens (tertiary/aromatic N) is 2. The second-order valence-corrected chi connectivity index (χ2v) is 7.32. The highest BCUT2D eigenvalue weighted by atomic mass is 35.5. The van der Waals surface area contributed by atoms with Crippen molar-refractivity contribution in [3.8, 4) is 0 Å². The van der Waals surface area contributed by atoms with Gasteiger partial charge in [-0.2, -0.15) is 0 Å². The third-order valence-corrected chi connectivity index (χ3v) is 5.35. The first-order valence-corrected chi connectivity index (χ1v) is 9.85. The second-order valence-electron chi connectivity index (χ2n) is 7.32. The summed E-state index contributed by atoms with van der Waals surface area (Å²) in [7, 11) is 1.59. The molecule has 0 aliphatic heterocycles. The normalized spacial score (nSPS) is 13.9. The number of carbonyl (C=O) groups excluding carboxylic acids is 2. The Hall–Kier alpha value is -2.77. The molecule has 7 nitrogen and oxygen atoms in total. The number of ketones is 1. The standard InChI is InChI=1S/C22H25N3O4.ClH/c1-24(21(26)15-23-17-10-6-3-7-11-17)20-13-12-18(25(28)29)14-19(20)22(27)16-8-4-2-5-9-16;/h2,4-5,8-9,12-14,17,23H,3,6-7,10-11,15H2,1H3;1H. The minimum atomic E-state index is -0.544. The zero-order chi connectivity index (χ0) is 20.8. The molecule has 1 fully saturated rings. The molecule has 0 saturated heterocycles. The second kappa shape index (κ2) is 10.8. The van der Waals surface area contributed by atoms with Crippen molar-refractivity contribution in [3.05, 3.63) is 69.8 Å². The van der Waals surface area contributed by atoms with Crippen LogP contribution in [0.3, 0.4) is 0 Å². The van der Waals surface area contributed by atoms with Crippen molar-refractivity contribution in [3.63, 3.8) is 0 Å². The lowest BCUT2D eigenvalue weighted by molar-refractivity contribution is -0.384. The van der Waals surface area contributed by atoms with Crippen LogP contribution >= 0.6 is 12.4 Å². The van der Waals surface area contributed by atoms with Gasteiger partial charge in [-0.1, -0.05) is 49.6 Å². The maximum atomic E-state index is 13.0. The van der Waals surface area contributed by atoms with Gasteiger partial charge in [0, 0.05) is 30.8 Å². The van der Waals surface area contributed by atoms with Crippen LogP contribution in [-0.4, -0.2) is 36.2 Å². The highest BCUT2D eigenvalue weighted by Crippen LogP contribution is 2.27. The van der Waals surface area contributed by atoms with Crippen LogP contribution in [0.15, 0.2) is 48.5 Å². The third-order valence-electron chi connectivity index (χ3n) is 5.35. The van der Waals surface area contributed by atoms with Gasteiger partial charge in [0.2, 0.25) is 5.91 Å². The molecule has 0 spiro atoms. The van der Waals surface area contributed by atoms with Crippen molar-refractivity contribution in [1.29, 1.82) is 0 Å². The van der Waals surface area contributed by atoms with E-state index in [1.54, 1.807) is 37.4 Å². The van der Waals surface area contributed by atoms with E-state index < -0.39 is 4.92 Å². The van der Waals surface area contributed by atoms with Crippen molar-refractivity contribution in [2.24, 2.45) is 0 Å². The molecule has 0 unspecified atom stereocenters. The first-order chi connectivity index (χ1) is 14.0. The molecule has 1 amide bonds. The summed E-state index contributed by atoms with van der Waals surface area (Å²) in [6, 6.07) is 12.9. The number of anilines is 1. The molecule has 0 radical (unpaired) electrons. The molecule has 8 heteroatoms. The summed E-state index contributed by atoms with van der Waals surface area (Å²) in [5, 5.41) is 14.5. The van der Waals surface area contributed by atoms with Crippen molar-refractivity contribution in [2.75, 3.05) is 18.5 Å². The van der Waals surface area contributed by atoms with E-state index in [9.17, 15) is 19.7 Å². The summed E-state index contributed by atoms with van der Waals surface area (Å²) >= 11 is 0. The Morgan fingerprint density at radius 1 is 1.10 bits per heavy atom. The molecule has 0 aromatic heterocycles. The third kappa shape index (κ3) is 5.64. The van der Waals surface area contributed by atoms with Crippen LogP contribution in [0.2, 0.25) is 0 Å². The Labute approximate surface area is 182 Å². The van der Waals surface area contributed by atoms with Crippen LogP contribution in [-0.2, 0) is 4.79 Å². The lowest BCUT2D eigenvalue weighted by Gasteiger charge is -2.25. The van der Waals surface area contributed by atoms with Gasteiger partial charge in [0.25, 0.3) is 5.69 Å². The lowest BCUT2D eigenvalue weighted by atomic mass is 9.95. The first kappa shape index (κ1) is 23.5. The average molecular weight is 432 g/mol. The Morgan fingerprint density at radius 2 is 1.77 bits per heavy atom. The zero-order valence-corrected chi connectivity index (χ0v) is 17.7. The fourth-order valence-electron chi connectivity index (χ4n) is 3.65. The van der Waals surface area contributed by atoms with Crippen molar-refractivity contribution >= 4 is 35.5 Å². The SMILES string of the molecule is CN(C(=O)CNC1CCCCC1)c1ccc([N+](=O)[O-])cc1C(=O)c1ccccc1.Cl. The summed E-state index contributed by atoms with van der Waals surface area (Å²) in [5.74, 6) is -0.546. The Bertz CT molecular complexity index is 899. The summed E-state index contributed by atoms with van der Waals surface area (Å²) < 4.78 is 0. The van der Waals surface area contributed by atoms with E-state index in [1.807, 2.05) is 0 Å². The van der Waals surface area contributed by atoms with Gasteiger partial charge in [-0.05, 0) is 18.9 Å². The highest BCUT2D eigenvalue weighted by Gasteiger charge is 2.23. The van der Waals surface area contributed by atoms with E-state index in [0.29, 0.717) is 17.3 Å². The van der Waals surface area contributed by atoms with E-state index in [4.69, 9.17) is 0 Å². The largest absolute Gasteiger partial charge is 0.314 e. The van der Waals surface area contributed by atoms with Crippen molar-refractivity contribution in [1.82, 2.24) is 5.32 Å². The Morgan fingerprint density at radius 3 is 2.40 bits per heavy atom. The van der Waals surface area contributed by atoms with E-state index in [2.05, 4.69) is 5.32 Å². The molecule has 1 N–H and O–H groups in total. The number of halogens is 1. The van der Waals surface area contributed by atoms with Crippen LogP contribution in [0.25, 0.3) is 0 Å². The maximum Gasteiger partial charge on any atom is 0.270 e. The molecule has 160 valence electrons. The fourth-order valence-corrected chi connectivity index (χ4v) is 3.65. The van der Waals surface area contributed by atoms with Gasteiger partial charge in [0.05, 0.1) is 22.7 Å². The fraction of sp³-hybridized carbons (Fsp3) is 0.364. The molecular weight excluding hydrogens is 406 g/mol. The molecule has 1 aliphatic rings. The number of hydrogen-bond donors (Lipinski definition) is 1. The van der Waals surface area contributed by atoms with Gasteiger partial charge < -0.3 is 10.2 Å². The number of likely N-dealkylation sites (N-methyl/N-ethyl adjacent to an activating group) is 1. The maximum absolute atomic E-state index is 13.0. The average Bonchev–Trinajstić information content (AvgIpc) is 2.77. The summed E-state index contributed by atoms with van der Waals surface area (Å²) in [6.45, 7) is 0.164. The van der Waals surface area contributed by atoms with Crippen LogP contribution in [0, 0.1) is 10.1 Å². The van der Waals surface area contributed by atoms with Crippen LogP contribution < -0.4 is 10.2 Å². The topological polar surface area (TPSA) is 92.6 Å². The van der Waals surface area contributed by atoms with Gasteiger partial charge in [-0.15, -0.1) is 12.4 Å². The predicted molar refractivity (Wildman–Crippen MR) is 119 cm³/mol. The minimum absolute atomic E-state index is 0. The number of nitro groups is 1. The van der Waals surface area contributed by atoms with E-state index in [1.165, 1.54) is 42.4 Å². The van der Waals surface area contributed by atoms with Crippen LogP contribution in [0.1, 0.15) is 48.0 Å². The summed E-state index contributed by atoms with van der Waals surface area (Å²) in [5.41, 5.74) is 0.725. The first-order valence-electron chi connectivity index (χ1n) is 9.85. The van der Waals surface area contributed by atoms with Gasteiger partial charge >= 0.3 is 0 Å². The number of nitro benzene ring substituents is 1. The molecule has 2 aromatic carbocycles. The lowest BCUT2D eigenvalue weighted by Crippen LogP contribution is -2.41. The van der Waals surface area contributed by atoms with E-state index in [-0.39, 0.29) is 41.9 Å². The number of benzene rings is 2. The van der Waals surface area contributed by atoms with Gasteiger partial charge in [0.15, 0.2) is 5.78 Å². The molecule has 3 rings (SSSR count). The van der Waals surface area contributed by atoms with Gasteiger partial charge in [-0.25, -0.2) is 0 Å². The number of rotatable bonds is 7. The molecule has 0 bridgehead atoms. The summed E-state index contributed by atoms with van der Waals surface area (Å²) in [4.78, 5) is 37.8. The monoisotopic (exact) mass is 431 g/mol. The minimum Gasteiger partial charge on any atom is -0.314 e. The number of hydrogen-bond acceptors (Lipinski definition) is 5. The Kier molecular flexibility index (Phi) is 8.50. The van der Waals surface area contributed by atoms with Crippen LogP contribution in [0.5, 0.6) is 0 Å². The molecule has 2 aromatic rings. The number of non-ortho nitro benzene ring substituents is 1. The predicted octanol–water partition coefficient (Wildman–Crippen LogP) is 4.13. The number of amides is 1. The van der Waals surface area contributed by atoms with E-state index in [0.717, 1.165) is 12.8 Å². The molecule has 0 heterocycles. The molecule has 30 heavy (non-hydrogen) atoms. The number of carbonyl (C=O) groups is 2. The quantitative estimate of drug-likeness (QED) is 0.404. The molecule has 1 saturated carbocycles. The van der Waals surface area contributed by atoms with Crippen molar-refractivity contribution < 1.29 is 14.5 Å². The smallest absolute Gasteiger partial charge is 0.270 e. The van der Waals surface area contributed by atoms with E-state index >= 15 is 0 Å². The highest BCUT2D eigenvalue weighted by molar-refractivity contribution is 6.14. The Balaban J connectivity index is 0.00000320.